The molecule has 2 rings (SSSR count). The van der Waals surface area contributed by atoms with Crippen molar-refractivity contribution in [1.29, 1.82) is 0 Å². The van der Waals surface area contributed by atoms with Crippen LogP contribution in [0, 0.1) is 5.92 Å². The van der Waals surface area contributed by atoms with Crippen LogP contribution in [0.4, 0.5) is 0 Å². The standard InChI is InChI=1S/C13H22N2O2S/c1-10(9-18-2)8-14-7-5-12(16)15-6-3-4-11(15)13(14)17/h10-11H,3-9H2,1-2H3. The topological polar surface area (TPSA) is 40.6 Å². The average Bonchev–Trinajstić information content (AvgIpc) is 2.79. The summed E-state index contributed by atoms with van der Waals surface area (Å²) in [5.41, 5.74) is 0. The van der Waals surface area contributed by atoms with Crippen molar-refractivity contribution in [3.05, 3.63) is 0 Å². The first-order valence-electron chi connectivity index (χ1n) is 6.70. The summed E-state index contributed by atoms with van der Waals surface area (Å²) >= 11 is 1.81. The molecule has 2 heterocycles. The number of rotatable bonds is 4. The van der Waals surface area contributed by atoms with Crippen molar-refractivity contribution < 1.29 is 9.59 Å². The maximum Gasteiger partial charge on any atom is 0.245 e. The van der Waals surface area contributed by atoms with E-state index in [2.05, 4.69) is 13.2 Å². The van der Waals surface area contributed by atoms with Crippen LogP contribution in [0.1, 0.15) is 26.2 Å². The number of carbonyl (C=O) groups excluding carboxylic acids is 2. The molecule has 18 heavy (non-hydrogen) atoms. The molecule has 2 amide bonds. The van der Waals surface area contributed by atoms with Gasteiger partial charge < -0.3 is 9.80 Å². The molecule has 0 spiro atoms. The molecule has 0 saturated carbocycles. The van der Waals surface area contributed by atoms with Gasteiger partial charge in [0.2, 0.25) is 11.8 Å². The Morgan fingerprint density at radius 1 is 1.39 bits per heavy atom. The third kappa shape index (κ3) is 2.82. The first-order chi connectivity index (χ1) is 8.63. The quantitative estimate of drug-likeness (QED) is 0.771. The van der Waals surface area contributed by atoms with Crippen molar-refractivity contribution in [2.45, 2.75) is 32.2 Å². The molecule has 2 saturated heterocycles. The number of thioether (sulfide) groups is 1. The summed E-state index contributed by atoms with van der Waals surface area (Å²) in [6, 6.07) is -0.165. The number of amides is 2. The molecular formula is C13H22N2O2S. The Morgan fingerprint density at radius 2 is 2.17 bits per heavy atom. The van der Waals surface area contributed by atoms with E-state index in [1.807, 2.05) is 16.7 Å². The van der Waals surface area contributed by atoms with Gasteiger partial charge in [-0.1, -0.05) is 6.92 Å². The molecule has 5 heteroatoms. The van der Waals surface area contributed by atoms with E-state index < -0.39 is 0 Å². The van der Waals surface area contributed by atoms with Crippen molar-refractivity contribution >= 4 is 23.6 Å². The Bertz CT molecular complexity index is 335. The Kier molecular flexibility index (Phi) is 4.54. The fourth-order valence-corrected chi connectivity index (χ4v) is 3.59. The number of fused-ring (bicyclic) bond motifs is 1. The summed E-state index contributed by atoms with van der Waals surface area (Å²) in [4.78, 5) is 28.1. The van der Waals surface area contributed by atoms with Crippen LogP contribution in [0.3, 0.4) is 0 Å². The Morgan fingerprint density at radius 3 is 2.89 bits per heavy atom. The predicted molar refractivity (Wildman–Crippen MR) is 73.5 cm³/mol. The number of nitrogens with zero attached hydrogens (tertiary/aromatic N) is 2. The summed E-state index contributed by atoms with van der Waals surface area (Å²) in [7, 11) is 0. The molecule has 2 aliphatic heterocycles. The zero-order chi connectivity index (χ0) is 13.1. The van der Waals surface area contributed by atoms with Crippen LogP contribution in [0.15, 0.2) is 0 Å². The van der Waals surface area contributed by atoms with Crippen molar-refractivity contribution in [3.63, 3.8) is 0 Å². The molecule has 0 aromatic rings. The van der Waals surface area contributed by atoms with Gasteiger partial charge in [0, 0.05) is 26.1 Å². The van der Waals surface area contributed by atoms with E-state index in [0.717, 1.165) is 31.7 Å². The van der Waals surface area contributed by atoms with Crippen LogP contribution in [-0.4, -0.2) is 59.3 Å². The van der Waals surface area contributed by atoms with Gasteiger partial charge in [0.1, 0.15) is 6.04 Å². The molecule has 2 aliphatic rings. The van der Waals surface area contributed by atoms with Crippen molar-refractivity contribution in [3.8, 4) is 0 Å². The summed E-state index contributed by atoms with van der Waals surface area (Å²) in [6.07, 6.45) is 4.39. The lowest BCUT2D eigenvalue weighted by Crippen LogP contribution is -2.45. The molecule has 0 aromatic carbocycles. The van der Waals surface area contributed by atoms with E-state index in [4.69, 9.17) is 0 Å². The summed E-state index contributed by atoms with van der Waals surface area (Å²) in [6.45, 7) is 4.33. The van der Waals surface area contributed by atoms with Gasteiger partial charge in [-0.3, -0.25) is 9.59 Å². The molecule has 0 radical (unpaired) electrons. The molecule has 0 N–H and O–H groups in total. The second-order valence-electron chi connectivity index (χ2n) is 5.34. The third-order valence-corrected chi connectivity index (χ3v) is 4.65. The average molecular weight is 270 g/mol. The Balaban J connectivity index is 2.03. The van der Waals surface area contributed by atoms with Crippen molar-refractivity contribution in [2.24, 2.45) is 5.92 Å². The fraction of sp³-hybridized carbons (Fsp3) is 0.846. The van der Waals surface area contributed by atoms with Gasteiger partial charge in [-0.05, 0) is 30.8 Å². The molecule has 102 valence electrons. The van der Waals surface area contributed by atoms with Crippen LogP contribution < -0.4 is 0 Å². The second-order valence-corrected chi connectivity index (χ2v) is 6.25. The van der Waals surface area contributed by atoms with Crippen LogP contribution in [0.2, 0.25) is 0 Å². The fourth-order valence-electron chi connectivity index (χ4n) is 2.91. The van der Waals surface area contributed by atoms with Crippen LogP contribution in [0.25, 0.3) is 0 Å². The van der Waals surface area contributed by atoms with Crippen LogP contribution in [0.5, 0.6) is 0 Å². The molecule has 0 aromatic heterocycles. The molecule has 2 atom stereocenters. The van der Waals surface area contributed by atoms with Gasteiger partial charge in [-0.25, -0.2) is 0 Å². The zero-order valence-electron chi connectivity index (χ0n) is 11.2. The normalized spacial score (nSPS) is 26.2. The Hall–Kier alpha value is -0.710. The predicted octanol–water partition coefficient (Wildman–Crippen LogP) is 1.21. The monoisotopic (exact) mass is 270 g/mol. The Labute approximate surface area is 113 Å². The minimum absolute atomic E-state index is 0.158. The largest absolute Gasteiger partial charge is 0.340 e. The summed E-state index contributed by atoms with van der Waals surface area (Å²) in [5.74, 6) is 1.88. The number of hydrogen-bond acceptors (Lipinski definition) is 3. The van der Waals surface area contributed by atoms with Gasteiger partial charge >= 0.3 is 0 Å². The third-order valence-electron chi connectivity index (χ3n) is 3.75. The van der Waals surface area contributed by atoms with Crippen molar-refractivity contribution in [1.82, 2.24) is 9.80 Å². The maximum absolute atomic E-state index is 12.4. The smallest absolute Gasteiger partial charge is 0.245 e. The van der Waals surface area contributed by atoms with Gasteiger partial charge in [0.05, 0.1) is 0 Å². The maximum atomic E-state index is 12.4. The zero-order valence-corrected chi connectivity index (χ0v) is 12.0. The van der Waals surface area contributed by atoms with Crippen molar-refractivity contribution in [2.75, 3.05) is 31.6 Å². The lowest BCUT2D eigenvalue weighted by atomic mass is 10.1. The molecule has 0 aliphatic carbocycles. The van der Waals surface area contributed by atoms with E-state index in [9.17, 15) is 9.59 Å². The molecule has 2 unspecified atom stereocenters. The highest BCUT2D eigenvalue weighted by molar-refractivity contribution is 7.98. The van der Waals surface area contributed by atoms with E-state index in [1.54, 1.807) is 4.90 Å². The molecule has 4 nitrogen and oxygen atoms in total. The van der Waals surface area contributed by atoms with Gasteiger partial charge in [-0.2, -0.15) is 11.8 Å². The second kappa shape index (κ2) is 5.95. The highest BCUT2D eigenvalue weighted by Crippen LogP contribution is 2.24. The first-order valence-corrected chi connectivity index (χ1v) is 8.10. The van der Waals surface area contributed by atoms with E-state index in [1.165, 1.54) is 0 Å². The van der Waals surface area contributed by atoms with Crippen LogP contribution >= 0.6 is 11.8 Å². The van der Waals surface area contributed by atoms with Gasteiger partial charge in [-0.15, -0.1) is 0 Å². The minimum atomic E-state index is -0.165. The summed E-state index contributed by atoms with van der Waals surface area (Å²) < 4.78 is 0. The highest BCUT2D eigenvalue weighted by atomic mass is 32.2. The SMILES string of the molecule is CSCC(C)CN1CCC(=O)N2CCCC2C1=O. The lowest BCUT2D eigenvalue weighted by Gasteiger charge is -2.27. The highest BCUT2D eigenvalue weighted by Gasteiger charge is 2.39. The van der Waals surface area contributed by atoms with Crippen LogP contribution in [-0.2, 0) is 9.59 Å². The minimum Gasteiger partial charge on any atom is -0.340 e. The molecular weight excluding hydrogens is 248 g/mol. The van der Waals surface area contributed by atoms with E-state index in [0.29, 0.717) is 18.9 Å². The first kappa shape index (κ1) is 13.7. The van der Waals surface area contributed by atoms with E-state index >= 15 is 0 Å². The number of hydrogen-bond donors (Lipinski definition) is 0. The van der Waals surface area contributed by atoms with Gasteiger partial charge in [0.15, 0.2) is 0 Å². The molecule has 0 bridgehead atoms. The molecule has 2 fully saturated rings. The van der Waals surface area contributed by atoms with E-state index in [-0.39, 0.29) is 17.9 Å². The lowest BCUT2D eigenvalue weighted by molar-refractivity contribution is -0.139. The number of carbonyl (C=O) groups is 2. The van der Waals surface area contributed by atoms with Gasteiger partial charge in [0.25, 0.3) is 0 Å². The summed E-state index contributed by atoms with van der Waals surface area (Å²) in [5, 5.41) is 0.